The lowest BCUT2D eigenvalue weighted by molar-refractivity contribution is -0.123. The van der Waals surface area contributed by atoms with Gasteiger partial charge in [0, 0.05) is 23.9 Å². The SMILES string of the molecule is CC(C)(C)[C@H]1CCc2c(sc(NC(=O)c3ccccc3F)c2C(=O)N2CCC(C(N)=O)CC2)C1. The van der Waals surface area contributed by atoms with Crippen LogP contribution >= 0.6 is 11.3 Å². The van der Waals surface area contributed by atoms with Gasteiger partial charge in [0.05, 0.1) is 11.1 Å². The fourth-order valence-corrected chi connectivity index (χ4v) is 6.29. The van der Waals surface area contributed by atoms with Crippen molar-refractivity contribution in [3.05, 3.63) is 51.7 Å². The molecular weight excluding hydrogens is 453 g/mol. The zero-order valence-electron chi connectivity index (χ0n) is 19.9. The second-order valence-corrected chi connectivity index (χ2v) is 11.5. The minimum absolute atomic E-state index is 0.0536. The molecule has 3 amide bonds. The molecule has 0 radical (unpaired) electrons. The van der Waals surface area contributed by atoms with E-state index in [1.54, 1.807) is 11.0 Å². The number of nitrogens with zero attached hydrogens (tertiary/aromatic N) is 1. The number of primary amides is 1. The Labute approximate surface area is 203 Å². The molecule has 4 rings (SSSR count). The van der Waals surface area contributed by atoms with E-state index < -0.39 is 11.7 Å². The quantitative estimate of drug-likeness (QED) is 0.661. The average Bonchev–Trinajstić information content (AvgIpc) is 3.15. The largest absolute Gasteiger partial charge is 0.369 e. The van der Waals surface area contributed by atoms with Gasteiger partial charge in [0.25, 0.3) is 11.8 Å². The molecule has 8 heteroatoms. The highest BCUT2D eigenvalue weighted by Gasteiger charge is 2.36. The standard InChI is InChI=1S/C26H32FN3O3S/c1-26(2,3)16-8-9-18-20(14-16)34-24(29-23(32)17-6-4-5-7-19(17)27)21(18)25(33)30-12-10-15(11-13-30)22(28)31/h4-7,15-16H,8-14H2,1-3H3,(H2,28,31)(H,29,32)/t16-/m0/s1. The van der Waals surface area contributed by atoms with Crippen molar-refractivity contribution >= 4 is 34.1 Å². The summed E-state index contributed by atoms with van der Waals surface area (Å²) in [7, 11) is 0. The van der Waals surface area contributed by atoms with Gasteiger partial charge in [0.1, 0.15) is 10.8 Å². The fraction of sp³-hybridized carbons (Fsp3) is 0.500. The highest BCUT2D eigenvalue weighted by Crippen LogP contribution is 2.45. The lowest BCUT2D eigenvalue weighted by Gasteiger charge is -2.34. The van der Waals surface area contributed by atoms with Crippen LogP contribution in [0, 0.1) is 23.1 Å². The van der Waals surface area contributed by atoms with Gasteiger partial charge in [-0.15, -0.1) is 11.3 Å². The molecular formula is C26H32FN3O3S. The maximum Gasteiger partial charge on any atom is 0.259 e. The predicted octanol–water partition coefficient (Wildman–Crippen LogP) is 4.63. The number of hydrogen-bond donors (Lipinski definition) is 2. The van der Waals surface area contributed by atoms with E-state index in [0.717, 1.165) is 29.7 Å². The van der Waals surface area contributed by atoms with Crippen molar-refractivity contribution < 1.29 is 18.8 Å². The number of nitrogens with two attached hydrogens (primary N) is 1. The van der Waals surface area contributed by atoms with E-state index in [1.807, 2.05) is 0 Å². The number of carbonyl (C=O) groups is 3. The van der Waals surface area contributed by atoms with E-state index in [4.69, 9.17) is 5.73 Å². The first-order valence-corrected chi connectivity index (χ1v) is 12.7. The summed E-state index contributed by atoms with van der Waals surface area (Å²) in [6.45, 7) is 7.58. The average molecular weight is 486 g/mol. The zero-order chi connectivity index (χ0) is 24.6. The van der Waals surface area contributed by atoms with Crippen molar-refractivity contribution in [1.29, 1.82) is 0 Å². The second-order valence-electron chi connectivity index (χ2n) is 10.4. The number of halogens is 1. The van der Waals surface area contributed by atoms with Crippen LogP contribution in [0.5, 0.6) is 0 Å². The first-order chi connectivity index (χ1) is 16.1. The maximum absolute atomic E-state index is 14.2. The van der Waals surface area contributed by atoms with Gasteiger partial charge in [-0.25, -0.2) is 4.39 Å². The Morgan fingerprint density at radius 1 is 1.12 bits per heavy atom. The fourth-order valence-electron chi connectivity index (χ4n) is 4.98. The molecule has 3 N–H and O–H groups in total. The van der Waals surface area contributed by atoms with Gasteiger partial charge < -0.3 is 16.0 Å². The molecule has 0 saturated carbocycles. The Morgan fingerprint density at radius 3 is 2.41 bits per heavy atom. The molecule has 182 valence electrons. The van der Waals surface area contributed by atoms with Crippen molar-refractivity contribution in [3.8, 4) is 0 Å². The molecule has 1 saturated heterocycles. The molecule has 1 aromatic carbocycles. The molecule has 6 nitrogen and oxygen atoms in total. The van der Waals surface area contributed by atoms with E-state index in [9.17, 15) is 18.8 Å². The summed E-state index contributed by atoms with van der Waals surface area (Å²) in [5.74, 6) is -1.37. The number of amides is 3. The monoisotopic (exact) mass is 485 g/mol. The van der Waals surface area contributed by atoms with Crippen molar-refractivity contribution in [1.82, 2.24) is 4.90 Å². The third-order valence-corrected chi connectivity index (χ3v) is 8.40. The Morgan fingerprint density at radius 2 is 1.79 bits per heavy atom. The van der Waals surface area contributed by atoms with E-state index in [0.29, 0.717) is 42.4 Å². The zero-order valence-corrected chi connectivity index (χ0v) is 20.8. The van der Waals surface area contributed by atoms with Crippen LogP contribution in [0.1, 0.15) is 71.2 Å². The van der Waals surface area contributed by atoms with Gasteiger partial charge >= 0.3 is 0 Å². The summed E-state index contributed by atoms with van der Waals surface area (Å²) in [5, 5.41) is 3.32. The van der Waals surface area contributed by atoms with Gasteiger partial charge in [-0.2, -0.15) is 0 Å². The second kappa shape index (κ2) is 9.49. The van der Waals surface area contributed by atoms with Crippen LogP contribution in [0.15, 0.2) is 24.3 Å². The van der Waals surface area contributed by atoms with Crippen molar-refractivity contribution in [2.24, 2.45) is 23.0 Å². The number of likely N-dealkylation sites (tertiary alicyclic amines) is 1. The number of thiophene rings is 1. The molecule has 2 aromatic rings. The normalized spacial score (nSPS) is 18.9. The lowest BCUT2D eigenvalue weighted by Crippen LogP contribution is -2.42. The summed E-state index contributed by atoms with van der Waals surface area (Å²) < 4.78 is 14.2. The molecule has 1 fully saturated rings. The number of rotatable bonds is 4. The Bertz CT molecular complexity index is 1110. The van der Waals surface area contributed by atoms with Crippen LogP contribution < -0.4 is 11.1 Å². The van der Waals surface area contributed by atoms with Gasteiger partial charge in [-0.05, 0) is 61.1 Å². The van der Waals surface area contributed by atoms with Gasteiger partial charge in [0.2, 0.25) is 5.91 Å². The third-order valence-electron chi connectivity index (χ3n) is 7.23. The number of hydrogen-bond acceptors (Lipinski definition) is 4. The summed E-state index contributed by atoms with van der Waals surface area (Å²) >= 11 is 1.43. The maximum atomic E-state index is 14.2. The number of fused-ring (bicyclic) bond motifs is 1. The molecule has 1 aromatic heterocycles. The number of piperidine rings is 1. The highest BCUT2D eigenvalue weighted by atomic mass is 32.1. The summed E-state index contributed by atoms with van der Waals surface area (Å²) in [6.07, 6.45) is 3.66. The lowest BCUT2D eigenvalue weighted by atomic mass is 9.72. The van der Waals surface area contributed by atoms with Crippen molar-refractivity contribution in [3.63, 3.8) is 0 Å². The third kappa shape index (κ3) is 4.87. The molecule has 2 heterocycles. The number of nitrogens with one attached hydrogen (secondary N) is 1. The molecule has 0 unspecified atom stereocenters. The van der Waals surface area contributed by atoms with Crippen LogP contribution in [-0.2, 0) is 17.6 Å². The number of benzene rings is 1. The van der Waals surface area contributed by atoms with Crippen LogP contribution in [0.2, 0.25) is 0 Å². The van der Waals surface area contributed by atoms with Crippen LogP contribution in [0.25, 0.3) is 0 Å². The Hall–Kier alpha value is -2.74. The molecule has 0 spiro atoms. The van der Waals surface area contributed by atoms with Crippen LogP contribution in [0.3, 0.4) is 0 Å². The number of anilines is 1. The van der Waals surface area contributed by atoms with Crippen molar-refractivity contribution in [2.75, 3.05) is 18.4 Å². The first-order valence-electron chi connectivity index (χ1n) is 11.8. The van der Waals surface area contributed by atoms with Gasteiger partial charge in [0.15, 0.2) is 0 Å². The van der Waals surface area contributed by atoms with Gasteiger partial charge in [-0.3, -0.25) is 14.4 Å². The predicted molar refractivity (Wildman–Crippen MR) is 131 cm³/mol. The van der Waals surface area contributed by atoms with E-state index in [-0.39, 0.29) is 28.7 Å². The van der Waals surface area contributed by atoms with E-state index in [2.05, 4.69) is 26.1 Å². The summed E-state index contributed by atoms with van der Waals surface area (Å²) in [5.41, 5.74) is 7.05. The molecule has 1 atom stereocenters. The van der Waals surface area contributed by atoms with Crippen LogP contribution in [-0.4, -0.2) is 35.7 Å². The minimum atomic E-state index is -0.601. The van der Waals surface area contributed by atoms with Gasteiger partial charge in [-0.1, -0.05) is 32.9 Å². The van der Waals surface area contributed by atoms with E-state index >= 15 is 0 Å². The van der Waals surface area contributed by atoms with Crippen LogP contribution in [0.4, 0.5) is 9.39 Å². The summed E-state index contributed by atoms with van der Waals surface area (Å²) in [6, 6.07) is 5.83. The smallest absolute Gasteiger partial charge is 0.259 e. The molecule has 34 heavy (non-hydrogen) atoms. The summed E-state index contributed by atoms with van der Waals surface area (Å²) in [4.78, 5) is 41.0. The number of carbonyl (C=O) groups excluding carboxylic acids is 3. The molecule has 0 bridgehead atoms. The molecule has 2 aliphatic rings. The Balaban J connectivity index is 1.66. The highest BCUT2D eigenvalue weighted by molar-refractivity contribution is 7.17. The van der Waals surface area contributed by atoms with Crippen molar-refractivity contribution in [2.45, 2.75) is 52.9 Å². The Kier molecular flexibility index (Phi) is 6.80. The molecule has 1 aliphatic heterocycles. The first kappa shape index (κ1) is 24.4. The van der Waals surface area contributed by atoms with E-state index in [1.165, 1.54) is 29.5 Å². The minimum Gasteiger partial charge on any atom is -0.369 e. The molecule has 1 aliphatic carbocycles. The topological polar surface area (TPSA) is 92.5 Å².